The number of aromatic nitrogens is 1. The molecule has 0 aliphatic rings. The Morgan fingerprint density at radius 1 is 1.33 bits per heavy atom. The maximum Gasteiger partial charge on any atom is 0.253 e. The minimum Gasteiger partial charge on any atom is -0.350 e. The van der Waals surface area contributed by atoms with E-state index in [2.05, 4.69) is 15.6 Å². The molecule has 0 spiro atoms. The van der Waals surface area contributed by atoms with Gasteiger partial charge < -0.3 is 10.6 Å². The number of hydrogen-bond acceptors (Lipinski definition) is 3. The highest BCUT2D eigenvalue weighted by atomic mass is 16.2. The van der Waals surface area contributed by atoms with Crippen LogP contribution in [0.1, 0.15) is 38.1 Å². The van der Waals surface area contributed by atoms with Crippen molar-refractivity contribution in [3.05, 3.63) is 30.1 Å². The first-order chi connectivity index (χ1) is 8.29. The minimum atomic E-state index is -0.586. The van der Waals surface area contributed by atoms with Crippen molar-refractivity contribution in [3.63, 3.8) is 0 Å². The molecule has 1 rings (SSSR count). The van der Waals surface area contributed by atoms with E-state index in [1.54, 1.807) is 25.3 Å². The van der Waals surface area contributed by atoms with Crippen LogP contribution in [-0.2, 0) is 4.79 Å². The summed E-state index contributed by atoms with van der Waals surface area (Å²) in [4.78, 5) is 27.4. The second-order valence-electron chi connectivity index (χ2n) is 5.18. The van der Waals surface area contributed by atoms with Crippen LogP contribution in [0, 0.1) is 0 Å². The van der Waals surface area contributed by atoms with E-state index in [4.69, 9.17) is 0 Å². The van der Waals surface area contributed by atoms with Crippen molar-refractivity contribution in [1.29, 1.82) is 0 Å². The number of nitrogens with one attached hydrogen (secondary N) is 2. The van der Waals surface area contributed by atoms with Gasteiger partial charge in [-0.2, -0.15) is 0 Å². The Bertz CT molecular complexity index is 424. The van der Waals surface area contributed by atoms with Crippen LogP contribution < -0.4 is 10.6 Å². The Morgan fingerprint density at radius 3 is 2.50 bits per heavy atom. The molecule has 0 aromatic carbocycles. The van der Waals surface area contributed by atoms with E-state index in [9.17, 15) is 9.59 Å². The Labute approximate surface area is 107 Å². The van der Waals surface area contributed by atoms with Crippen molar-refractivity contribution in [2.45, 2.75) is 39.3 Å². The monoisotopic (exact) mass is 249 g/mol. The number of pyridine rings is 1. The van der Waals surface area contributed by atoms with Gasteiger partial charge in [0.25, 0.3) is 5.91 Å². The first kappa shape index (κ1) is 14.2. The molecule has 1 aromatic heterocycles. The second-order valence-corrected chi connectivity index (χ2v) is 5.18. The molecule has 0 saturated carbocycles. The number of carbonyl (C=O) groups is 2. The third-order valence-corrected chi connectivity index (χ3v) is 2.16. The summed E-state index contributed by atoms with van der Waals surface area (Å²) in [6, 6.07) is 2.74. The Balaban J connectivity index is 2.58. The average Bonchev–Trinajstić information content (AvgIpc) is 2.27. The fourth-order valence-corrected chi connectivity index (χ4v) is 1.32. The molecule has 0 bridgehead atoms. The van der Waals surface area contributed by atoms with Gasteiger partial charge in [0.2, 0.25) is 5.91 Å². The lowest BCUT2D eigenvalue weighted by Crippen LogP contribution is -2.50. The van der Waals surface area contributed by atoms with Gasteiger partial charge in [-0.25, -0.2) is 0 Å². The van der Waals surface area contributed by atoms with Crippen LogP contribution in [0.5, 0.6) is 0 Å². The molecule has 2 N–H and O–H groups in total. The molecular formula is C13H19N3O2. The standard InChI is InChI=1S/C13H19N3O2/c1-9(11(17)16-13(2,3)4)15-12(18)10-6-5-7-14-8-10/h5-9H,1-4H3,(H,15,18)(H,16,17). The summed E-state index contributed by atoms with van der Waals surface area (Å²) in [6.45, 7) is 7.32. The van der Waals surface area contributed by atoms with E-state index in [0.717, 1.165) is 0 Å². The minimum absolute atomic E-state index is 0.209. The van der Waals surface area contributed by atoms with Gasteiger partial charge in [0.05, 0.1) is 5.56 Å². The third-order valence-electron chi connectivity index (χ3n) is 2.16. The molecule has 0 radical (unpaired) electrons. The molecule has 98 valence electrons. The highest BCUT2D eigenvalue weighted by molar-refractivity contribution is 5.97. The topological polar surface area (TPSA) is 71.1 Å². The molecule has 0 fully saturated rings. The molecule has 2 amide bonds. The highest BCUT2D eigenvalue weighted by Crippen LogP contribution is 2.01. The van der Waals surface area contributed by atoms with E-state index < -0.39 is 6.04 Å². The summed E-state index contributed by atoms with van der Waals surface area (Å²) in [5, 5.41) is 5.43. The Kier molecular flexibility index (Phi) is 4.42. The lowest BCUT2D eigenvalue weighted by molar-refractivity contribution is -0.124. The van der Waals surface area contributed by atoms with E-state index in [-0.39, 0.29) is 17.4 Å². The smallest absolute Gasteiger partial charge is 0.253 e. The number of rotatable bonds is 3. The first-order valence-electron chi connectivity index (χ1n) is 5.82. The Hall–Kier alpha value is -1.91. The normalized spacial score (nSPS) is 12.7. The van der Waals surface area contributed by atoms with Gasteiger partial charge in [-0.05, 0) is 39.8 Å². The number of hydrogen-bond donors (Lipinski definition) is 2. The van der Waals surface area contributed by atoms with Crippen molar-refractivity contribution in [3.8, 4) is 0 Å². The van der Waals surface area contributed by atoms with Gasteiger partial charge in [-0.3, -0.25) is 14.6 Å². The zero-order valence-corrected chi connectivity index (χ0v) is 11.2. The zero-order valence-electron chi connectivity index (χ0n) is 11.2. The maximum atomic E-state index is 11.8. The third kappa shape index (κ3) is 4.53. The van der Waals surface area contributed by atoms with Crippen molar-refractivity contribution in [1.82, 2.24) is 15.6 Å². The summed E-state index contributed by atoms with van der Waals surface area (Å²) in [5.74, 6) is -0.514. The van der Waals surface area contributed by atoms with Crippen LogP contribution in [-0.4, -0.2) is 28.4 Å². The van der Waals surface area contributed by atoms with Crippen LogP contribution >= 0.6 is 0 Å². The molecule has 0 aliphatic carbocycles. The van der Waals surface area contributed by atoms with Crippen molar-refractivity contribution >= 4 is 11.8 Å². The molecule has 18 heavy (non-hydrogen) atoms. The summed E-state index contributed by atoms with van der Waals surface area (Å²) in [5.41, 5.74) is 0.123. The van der Waals surface area contributed by atoms with E-state index >= 15 is 0 Å². The first-order valence-corrected chi connectivity index (χ1v) is 5.82. The lowest BCUT2D eigenvalue weighted by Gasteiger charge is -2.23. The van der Waals surface area contributed by atoms with Crippen LogP contribution in [0.25, 0.3) is 0 Å². The maximum absolute atomic E-state index is 11.8. The van der Waals surface area contributed by atoms with Crippen molar-refractivity contribution in [2.75, 3.05) is 0 Å². The quantitative estimate of drug-likeness (QED) is 0.843. The molecular weight excluding hydrogens is 230 g/mol. The fraction of sp³-hybridized carbons (Fsp3) is 0.462. The molecule has 1 heterocycles. The van der Waals surface area contributed by atoms with E-state index in [1.807, 2.05) is 20.8 Å². The predicted molar refractivity (Wildman–Crippen MR) is 69.1 cm³/mol. The molecule has 1 atom stereocenters. The molecule has 0 aliphatic heterocycles. The summed E-state index contributed by atoms with van der Waals surface area (Å²) in [7, 11) is 0. The second kappa shape index (κ2) is 5.62. The zero-order chi connectivity index (χ0) is 13.8. The predicted octanol–water partition coefficient (Wildman–Crippen LogP) is 1.11. The van der Waals surface area contributed by atoms with Crippen LogP contribution in [0.3, 0.4) is 0 Å². The van der Waals surface area contributed by atoms with Gasteiger partial charge >= 0.3 is 0 Å². The van der Waals surface area contributed by atoms with Crippen LogP contribution in [0.15, 0.2) is 24.5 Å². The van der Waals surface area contributed by atoms with Gasteiger partial charge in [-0.1, -0.05) is 0 Å². The van der Waals surface area contributed by atoms with Crippen LogP contribution in [0.2, 0.25) is 0 Å². The lowest BCUT2D eigenvalue weighted by atomic mass is 10.1. The molecule has 0 saturated heterocycles. The number of carbonyl (C=O) groups excluding carboxylic acids is 2. The summed E-state index contributed by atoms with van der Waals surface area (Å²) < 4.78 is 0. The molecule has 5 heteroatoms. The van der Waals surface area contributed by atoms with Crippen molar-refractivity contribution in [2.24, 2.45) is 0 Å². The Morgan fingerprint density at radius 2 is 2.00 bits per heavy atom. The van der Waals surface area contributed by atoms with Gasteiger partial charge in [-0.15, -0.1) is 0 Å². The van der Waals surface area contributed by atoms with Gasteiger partial charge in [0, 0.05) is 17.9 Å². The average molecular weight is 249 g/mol. The van der Waals surface area contributed by atoms with Gasteiger partial charge in [0.1, 0.15) is 6.04 Å². The molecule has 1 unspecified atom stereocenters. The summed E-state index contributed by atoms with van der Waals surface area (Å²) >= 11 is 0. The summed E-state index contributed by atoms with van der Waals surface area (Å²) in [6.07, 6.45) is 3.05. The van der Waals surface area contributed by atoms with E-state index in [0.29, 0.717) is 5.56 Å². The highest BCUT2D eigenvalue weighted by Gasteiger charge is 2.20. The molecule has 5 nitrogen and oxygen atoms in total. The van der Waals surface area contributed by atoms with E-state index in [1.165, 1.54) is 6.20 Å². The SMILES string of the molecule is CC(NC(=O)c1cccnc1)C(=O)NC(C)(C)C. The van der Waals surface area contributed by atoms with Crippen LogP contribution in [0.4, 0.5) is 0 Å². The van der Waals surface area contributed by atoms with Gasteiger partial charge in [0.15, 0.2) is 0 Å². The largest absolute Gasteiger partial charge is 0.350 e. The van der Waals surface area contributed by atoms with Crippen molar-refractivity contribution < 1.29 is 9.59 Å². The number of nitrogens with zero attached hydrogens (tertiary/aromatic N) is 1. The number of amides is 2. The fourth-order valence-electron chi connectivity index (χ4n) is 1.32. The molecule has 1 aromatic rings.